The van der Waals surface area contributed by atoms with Crippen LogP contribution in [0.5, 0.6) is 0 Å². The normalized spacial score (nSPS) is 19.5. The van der Waals surface area contributed by atoms with E-state index in [2.05, 4.69) is 30.0 Å². The molecule has 0 radical (unpaired) electrons. The van der Waals surface area contributed by atoms with E-state index in [1.165, 1.54) is 29.5 Å². The summed E-state index contributed by atoms with van der Waals surface area (Å²) < 4.78 is 13.3. The average Bonchev–Trinajstić information content (AvgIpc) is 2.74. The lowest BCUT2D eigenvalue weighted by Crippen LogP contribution is -2.47. The lowest BCUT2D eigenvalue weighted by atomic mass is 9.86. The molecule has 1 amide bonds. The number of carbonyl (C=O) groups is 1. The van der Waals surface area contributed by atoms with Crippen molar-refractivity contribution in [3.63, 3.8) is 0 Å². The Morgan fingerprint density at radius 2 is 1.96 bits per heavy atom. The van der Waals surface area contributed by atoms with Gasteiger partial charge in [0.25, 0.3) is 0 Å². The summed E-state index contributed by atoms with van der Waals surface area (Å²) in [4.78, 5) is 16.8. The number of allylic oxidation sites excluding steroid dienone is 1. The van der Waals surface area contributed by atoms with Crippen molar-refractivity contribution in [2.24, 2.45) is 0 Å². The van der Waals surface area contributed by atoms with Crippen LogP contribution in [-0.2, 0) is 11.2 Å². The van der Waals surface area contributed by atoms with Gasteiger partial charge in [-0.3, -0.25) is 9.69 Å². The van der Waals surface area contributed by atoms with Gasteiger partial charge in [-0.15, -0.1) is 0 Å². The van der Waals surface area contributed by atoms with Crippen LogP contribution in [0.2, 0.25) is 0 Å². The number of hydrogen-bond donors (Lipinski definition) is 0. The van der Waals surface area contributed by atoms with Crippen LogP contribution >= 0.6 is 11.8 Å². The number of nitriles is 1. The molecule has 4 rings (SSSR count). The predicted molar refractivity (Wildman–Crippen MR) is 109 cm³/mol. The molecule has 2 aliphatic heterocycles. The Kier molecular flexibility index (Phi) is 5.10. The molecule has 142 valence electrons. The van der Waals surface area contributed by atoms with Gasteiger partial charge in [-0.2, -0.15) is 5.26 Å². The van der Waals surface area contributed by atoms with Crippen LogP contribution in [0, 0.1) is 17.1 Å². The predicted octanol–water partition coefficient (Wildman–Crippen LogP) is 4.61. The number of thioether (sulfide) groups is 1. The molecule has 2 aromatic carbocycles. The number of anilines is 1. The van der Waals surface area contributed by atoms with Crippen molar-refractivity contribution in [1.29, 1.82) is 5.26 Å². The third-order valence-electron chi connectivity index (χ3n) is 5.28. The minimum atomic E-state index is -0.323. The molecule has 2 aromatic rings. The first kappa shape index (κ1) is 18.6. The van der Waals surface area contributed by atoms with E-state index in [-0.39, 0.29) is 24.1 Å². The summed E-state index contributed by atoms with van der Waals surface area (Å²) in [5, 5.41) is 10.6. The maximum atomic E-state index is 13.3. The Balaban J connectivity index is 1.67. The SMILES string of the molecule is CCc1ccccc1N1CSC2=C(C#N)C(c3ccc(F)cc3)CC(=O)N2C1. The number of carbonyl (C=O) groups excluding carboxylic acids is 1. The van der Waals surface area contributed by atoms with E-state index in [1.807, 2.05) is 12.1 Å². The second-order valence-corrected chi connectivity index (χ2v) is 7.83. The van der Waals surface area contributed by atoms with Gasteiger partial charge in [0.05, 0.1) is 29.2 Å². The summed E-state index contributed by atoms with van der Waals surface area (Å²) in [5.41, 5.74) is 3.77. The minimum absolute atomic E-state index is 0.00509. The molecule has 2 heterocycles. The largest absolute Gasteiger partial charge is 0.343 e. The summed E-state index contributed by atoms with van der Waals surface area (Å²) in [6.45, 7) is 2.56. The number of halogens is 1. The van der Waals surface area contributed by atoms with Crippen molar-refractivity contribution < 1.29 is 9.18 Å². The number of para-hydroxylation sites is 1. The number of nitrogens with zero attached hydrogens (tertiary/aromatic N) is 3. The molecule has 0 saturated carbocycles. The van der Waals surface area contributed by atoms with E-state index in [0.29, 0.717) is 18.1 Å². The fourth-order valence-electron chi connectivity index (χ4n) is 3.81. The molecule has 1 saturated heterocycles. The zero-order chi connectivity index (χ0) is 19.7. The molecule has 0 N–H and O–H groups in total. The van der Waals surface area contributed by atoms with Gasteiger partial charge in [0.15, 0.2) is 0 Å². The summed E-state index contributed by atoms with van der Waals surface area (Å²) in [6, 6.07) is 16.6. The Bertz CT molecular complexity index is 980. The van der Waals surface area contributed by atoms with Crippen LogP contribution in [0.3, 0.4) is 0 Å². The lowest BCUT2D eigenvalue weighted by molar-refractivity contribution is -0.129. The number of aryl methyl sites for hydroxylation is 1. The van der Waals surface area contributed by atoms with Crippen LogP contribution in [-0.4, -0.2) is 23.4 Å². The monoisotopic (exact) mass is 393 g/mol. The zero-order valence-corrected chi connectivity index (χ0v) is 16.4. The number of benzene rings is 2. The Labute approximate surface area is 168 Å². The van der Waals surface area contributed by atoms with E-state index >= 15 is 0 Å². The van der Waals surface area contributed by atoms with Crippen molar-refractivity contribution in [2.75, 3.05) is 17.4 Å². The summed E-state index contributed by atoms with van der Waals surface area (Å²) in [6.07, 6.45) is 1.14. The van der Waals surface area contributed by atoms with E-state index in [0.717, 1.165) is 22.7 Å². The number of amides is 1. The Morgan fingerprint density at radius 3 is 2.68 bits per heavy atom. The fourth-order valence-corrected chi connectivity index (χ4v) is 4.97. The first-order valence-corrected chi connectivity index (χ1v) is 10.3. The molecule has 0 spiro atoms. The highest BCUT2D eigenvalue weighted by molar-refractivity contribution is 8.03. The smallest absolute Gasteiger partial charge is 0.229 e. The zero-order valence-electron chi connectivity index (χ0n) is 15.6. The Morgan fingerprint density at radius 1 is 1.21 bits per heavy atom. The minimum Gasteiger partial charge on any atom is -0.343 e. The number of rotatable bonds is 3. The molecule has 0 aliphatic carbocycles. The van der Waals surface area contributed by atoms with Crippen LogP contribution in [0.25, 0.3) is 0 Å². The third kappa shape index (κ3) is 3.27. The van der Waals surface area contributed by atoms with Crippen molar-refractivity contribution >= 4 is 23.4 Å². The van der Waals surface area contributed by atoms with Crippen molar-refractivity contribution in [1.82, 2.24) is 4.90 Å². The van der Waals surface area contributed by atoms with Gasteiger partial charge in [0.1, 0.15) is 5.82 Å². The molecule has 1 unspecified atom stereocenters. The van der Waals surface area contributed by atoms with Crippen LogP contribution in [0.1, 0.15) is 30.4 Å². The average molecular weight is 393 g/mol. The highest BCUT2D eigenvalue weighted by Crippen LogP contribution is 2.43. The van der Waals surface area contributed by atoms with Crippen molar-refractivity contribution in [3.05, 3.63) is 76.1 Å². The van der Waals surface area contributed by atoms with Crippen LogP contribution < -0.4 is 4.90 Å². The summed E-state index contributed by atoms with van der Waals surface area (Å²) in [7, 11) is 0. The van der Waals surface area contributed by atoms with E-state index in [4.69, 9.17) is 0 Å². The standard InChI is InChI=1S/C22H20FN3OS/c1-2-15-5-3-4-6-20(15)25-13-26-21(27)11-18(16-7-9-17(23)10-8-16)19(12-24)22(26)28-14-25/h3-10,18H,2,11,13-14H2,1H3. The van der Waals surface area contributed by atoms with E-state index in [9.17, 15) is 14.4 Å². The molecule has 4 nitrogen and oxygen atoms in total. The highest BCUT2D eigenvalue weighted by Gasteiger charge is 2.38. The van der Waals surface area contributed by atoms with Gasteiger partial charge in [-0.1, -0.05) is 49.0 Å². The van der Waals surface area contributed by atoms with Crippen molar-refractivity contribution in [3.8, 4) is 6.07 Å². The second-order valence-electron chi connectivity index (χ2n) is 6.90. The highest BCUT2D eigenvalue weighted by atomic mass is 32.2. The quantitative estimate of drug-likeness (QED) is 0.764. The third-order valence-corrected chi connectivity index (χ3v) is 6.43. The topological polar surface area (TPSA) is 47.3 Å². The second kappa shape index (κ2) is 7.69. The van der Waals surface area contributed by atoms with E-state index < -0.39 is 0 Å². The number of fused-ring (bicyclic) bond motifs is 1. The van der Waals surface area contributed by atoms with Gasteiger partial charge in [-0.05, 0) is 35.7 Å². The molecule has 1 atom stereocenters. The van der Waals surface area contributed by atoms with Gasteiger partial charge >= 0.3 is 0 Å². The lowest BCUT2D eigenvalue weighted by Gasteiger charge is -2.42. The van der Waals surface area contributed by atoms with Crippen LogP contribution in [0.4, 0.5) is 10.1 Å². The first-order valence-electron chi connectivity index (χ1n) is 9.28. The van der Waals surface area contributed by atoms with E-state index in [1.54, 1.807) is 17.0 Å². The van der Waals surface area contributed by atoms with Crippen LogP contribution in [0.15, 0.2) is 59.1 Å². The summed E-state index contributed by atoms with van der Waals surface area (Å²) >= 11 is 1.52. The molecule has 0 bridgehead atoms. The molecule has 2 aliphatic rings. The summed E-state index contributed by atoms with van der Waals surface area (Å²) in [5.74, 6) is 0.0361. The first-order chi connectivity index (χ1) is 13.6. The van der Waals surface area contributed by atoms with Gasteiger partial charge < -0.3 is 4.90 Å². The van der Waals surface area contributed by atoms with Gasteiger partial charge in [-0.25, -0.2) is 4.39 Å². The maximum absolute atomic E-state index is 13.3. The van der Waals surface area contributed by atoms with Gasteiger partial charge in [0, 0.05) is 18.0 Å². The van der Waals surface area contributed by atoms with Crippen molar-refractivity contribution in [2.45, 2.75) is 25.7 Å². The Hall–Kier alpha value is -2.78. The number of hydrogen-bond acceptors (Lipinski definition) is 4. The fraction of sp³-hybridized carbons (Fsp3) is 0.273. The van der Waals surface area contributed by atoms with Gasteiger partial charge in [0.2, 0.25) is 5.91 Å². The molecule has 1 fully saturated rings. The molecule has 6 heteroatoms. The molecule has 0 aromatic heterocycles. The molecular formula is C22H20FN3OS. The molecule has 28 heavy (non-hydrogen) atoms. The maximum Gasteiger partial charge on any atom is 0.229 e. The molecular weight excluding hydrogens is 373 g/mol.